The molecule has 0 atom stereocenters. The highest BCUT2D eigenvalue weighted by Gasteiger charge is 2.14. The van der Waals surface area contributed by atoms with Crippen LogP contribution in [0.25, 0.3) is 0 Å². The minimum Gasteiger partial charge on any atom is -0.378 e. The van der Waals surface area contributed by atoms with Gasteiger partial charge < -0.3 is 10.2 Å². The van der Waals surface area contributed by atoms with Crippen molar-refractivity contribution < 1.29 is 9.59 Å². The fraction of sp³-hybridized carbons (Fsp3) is 0.278. The minimum absolute atomic E-state index is 0.0361. The SMILES string of the molecule is CC(=O)Nc1cc(N(C)C)ccc1N=C1C=C(C)C(=O)C(C)=C1. The van der Waals surface area contributed by atoms with Crippen molar-refractivity contribution in [2.75, 3.05) is 24.3 Å². The Bertz CT molecular complexity index is 732. The molecular formula is C18H21N3O2. The number of Topliss-reactive ketones (excluding diaryl/α,β-unsaturated/α-hetero) is 1. The van der Waals surface area contributed by atoms with E-state index in [-0.39, 0.29) is 11.7 Å². The molecule has 0 aliphatic heterocycles. The van der Waals surface area contributed by atoms with Crippen LogP contribution in [0.2, 0.25) is 0 Å². The van der Waals surface area contributed by atoms with Crippen LogP contribution in [0.1, 0.15) is 20.8 Å². The summed E-state index contributed by atoms with van der Waals surface area (Å²) in [6.07, 6.45) is 3.51. The normalized spacial score (nSPS) is 14.1. The molecule has 23 heavy (non-hydrogen) atoms. The van der Waals surface area contributed by atoms with Gasteiger partial charge in [-0.3, -0.25) is 9.59 Å². The Labute approximate surface area is 136 Å². The molecule has 0 saturated heterocycles. The van der Waals surface area contributed by atoms with Crippen molar-refractivity contribution in [2.45, 2.75) is 20.8 Å². The van der Waals surface area contributed by atoms with Gasteiger partial charge in [0.2, 0.25) is 5.91 Å². The molecule has 1 amide bonds. The van der Waals surface area contributed by atoms with E-state index in [4.69, 9.17) is 0 Å². The maximum atomic E-state index is 11.8. The highest BCUT2D eigenvalue weighted by Crippen LogP contribution is 2.30. The fourth-order valence-corrected chi connectivity index (χ4v) is 2.32. The molecule has 0 saturated carbocycles. The van der Waals surface area contributed by atoms with Gasteiger partial charge in [0.25, 0.3) is 0 Å². The summed E-state index contributed by atoms with van der Waals surface area (Å²) >= 11 is 0. The van der Waals surface area contributed by atoms with Crippen molar-refractivity contribution in [1.29, 1.82) is 0 Å². The molecule has 0 aromatic heterocycles. The van der Waals surface area contributed by atoms with E-state index in [1.807, 2.05) is 37.2 Å². The lowest BCUT2D eigenvalue weighted by Crippen LogP contribution is -2.12. The third-order valence-electron chi connectivity index (χ3n) is 3.50. The highest BCUT2D eigenvalue weighted by atomic mass is 16.1. The predicted molar refractivity (Wildman–Crippen MR) is 94.7 cm³/mol. The second-order valence-corrected chi connectivity index (χ2v) is 5.80. The van der Waals surface area contributed by atoms with E-state index >= 15 is 0 Å². The molecule has 0 spiro atoms. The van der Waals surface area contributed by atoms with Gasteiger partial charge >= 0.3 is 0 Å². The van der Waals surface area contributed by atoms with Crippen LogP contribution in [-0.2, 0) is 9.59 Å². The largest absolute Gasteiger partial charge is 0.378 e. The second kappa shape index (κ2) is 6.60. The second-order valence-electron chi connectivity index (χ2n) is 5.80. The van der Waals surface area contributed by atoms with Crippen LogP contribution < -0.4 is 10.2 Å². The zero-order valence-corrected chi connectivity index (χ0v) is 14.1. The molecule has 0 unspecified atom stereocenters. The molecule has 1 aromatic rings. The summed E-state index contributed by atoms with van der Waals surface area (Å²) in [5.74, 6) is -0.117. The quantitative estimate of drug-likeness (QED) is 0.872. The van der Waals surface area contributed by atoms with Crippen molar-refractivity contribution in [1.82, 2.24) is 0 Å². The summed E-state index contributed by atoms with van der Waals surface area (Å²) in [4.78, 5) is 29.8. The van der Waals surface area contributed by atoms with Crippen LogP contribution in [0.4, 0.5) is 17.1 Å². The molecule has 5 heteroatoms. The van der Waals surface area contributed by atoms with Gasteiger partial charge in [0, 0.05) is 26.7 Å². The Morgan fingerprint density at radius 2 is 1.74 bits per heavy atom. The van der Waals surface area contributed by atoms with E-state index in [1.54, 1.807) is 26.0 Å². The first-order valence-corrected chi connectivity index (χ1v) is 7.37. The summed E-state index contributed by atoms with van der Waals surface area (Å²) in [6.45, 7) is 5.02. The lowest BCUT2D eigenvalue weighted by molar-refractivity contribution is -0.114. The van der Waals surface area contributed by atoms with Gasteiger partial charge in [0.05, 0.1) is 17.1 Å². The van der Waals surface area contributed by atoms with Crippen molar-refractivity contribution in [3.63, 3.8) is 0 Å². The number of aliphatic imine (C=N–C) groups is 1. The first kappa shape index (κ1) is 16.7. The Morgan fingerprint density at radius 1 is 1.13 bits per heavy atom. The number of nitrogens with one attached hydrogen (secondary N) is 1. The van der Waals surface area contributed by atoms with Crippen LogP contribution >= 0.6 is 0 Å². The lowest BCUT2D eigenvalue weighted by Gasteiger charge is -2.16. The number of carbonyl (C=O) groups excluding carboxylic acids is 2. The molecule has 1 aromatic carbocycles. The summed E-state index contributed by atoms with van der Waals surface area (Å²) in [6, 6.07) is 5.67. The standard InChI is InChI=1S/C18H21N3O2/c1-11-8-14(9-12(2)18(11)23)20-16-7-6-15(21(4)5)10-17(16)19-13(3)22/h6-10H,1-5H3,(H,19,22). The number of nitrogens with zero attached hydrogens (tertiary/aromatic N) is 2. The predicted octanol–water partition coefficient (Wildman–Crippen LogP) is 3.26. The molecule has 1 N–H and O–H groups in total. The van der Waals surface area contributed by atoms with E-state index in [0.29, 0.717) is 28.2 Å². The Kier molecular flexibility index (Phi) is 4.79. The van der Waals surface area contributed by atoms with Gasteiger partial charge in [0.1, 0.15) is 0 Å². The first-order chi connectivity index (χ1) is 10.8. The maximum Gasteiger partial charge on any atom is 0.221 e. The van der Waals surface area contributed by atoms with Gasteiger partial charge in [0.15, 0.2) is 5.78 Å². The molecule has 5 nitrogen and oxygen atoms in total. The molecular weight excluding hydrogens is 290 g/mol. The number of amides is 1. The van der Waals surface area contributed by atoms with E-state index in [2.05, 4.69) is 10.3 Å². The molecule has 0 heterocycles. The van der Waals surface area contributed by atoms with Gasteiger partial charge in [-0.25, -0.2) is 4.99 Å². The number of hydrogen-bond acceptors (Lipinski definition) is 4. The highest BCUT2D eigenvalue weighted by molar-refractivity contribution is 6.22. The van der Waals surface area contributed by atoms with Gasteiger partial charge in [-0.2, -0.15) is 0 Å². The Morgan fingerprint density at radius 3 is 2.26 bits per heavy atom. The first-order valence-electron chi connectivity index (χ1n) is 7.37. The average Bonchev–Trinajstić information content (AvgIpc) is 2.45. The van der Waals surface area contributed by atoms with Crippen LogP contribution in [0.3, 0.4) is 0 Å². The average molecular weight is 311 g/mol. The Balaban J connectivity index is 2.48. The smallest absolute Gasteiger partial charge is 0.221 e. The number of carbonyl (C=O) groups is 2. The van der Waals surface area contributed by atoms with Crippen molar-refractivity contribution in [3.05, 3.63) is 41.5 Å². The molecule has 1 aliphatic rings. The number of allylic oxidation sites excluding steroid dienone is 4. The topological polar surface area (TPSA) is 61.8 Å². The molecule has 0 bridgehead atoms. The van der Waals surface area contributed by atoms with Crippen LogP contribution in [0, 0.1) is 0 Å². The molecule has 0 radical (unpaired) electrons. The minimum atomic E-state index is -0.153. The molecule has 120 valence electrons. The molecule has 0 fully saturated rings. The molecule has 2 rings (SSSR count). The summed E-state index contributed by atoms with van der Waals surface area (Å²) in [5.41, 5.74) is 4.29. The van der Waals surface area contributed by atoms with E-state index in [0.717, 1.165) is 5.69 Å². The number of benzene rings is 1. The Hall–Kier alpha value is -2.69. The van der Waals surface area contributed by atoms with E-state index in [1.165, 1.54) is 6.92 Å². The van der Waals surface area contributed by atoms with Gasteiger partial charge in [-0.05, 0) is 55.3 Å². The monoisotopic (exact) mass is 311 g/mol. The van der Waals surface area contributed by atoms with Gasteiger partial charge in [-0.1, -0.05) is 0 Å². The fourth-order valence-electron chi connectivity index (χ4n) is 2.32. The van der Waals surface area contributed by atoms with Crippen LogP contribution in [0.15, 0.2) is 46.5 Å². The summed E-state index contributed by atoms with van der Waals surface area (Å²) in [5, 5.41) is 2.81. The number of anilines is 2. The van der Waals surface area contributed by atoms with Crippen LogP contribution in [0.5, 0.6) is 0 Å². The van der Waals surface area contributed by atoms with Crippen LogP contribution in [-0.4, -0.2) is 31.5 Å². The third kappa shape index (κ3) is 3.94. The lowest BCUT2D eigenvalue weighted by atomic mass is 9.98. The number of ketones is 1. The van der Waals surface area contributed by atoms with Crippen molar-refractivity contribution in [2.24, 2.45) is 4.99 Å². The number of hydrogen-bond donors (Lipinski definition) is 1. The van der Waals surface area contributed by atoms with Crippen molar-refractivity contribution >= 4 is 34.5 Å². The van der Waals surface area contributed by atoms with Gasteiger partial charge in [-0.15, -0.1) is 0 Å². The maximum absolute atomic E-state index is 11.8. The van der Waals surface area contributed by atoms with E-state index in [9.17, 15) is 9.59 Å². The zero-order valence-electron chi connectivity index (χ0n) is 14.1. The molecule has 1 aliphatic carbocycles. The third-order valence-corrected chi connectivity index (χ3v) is 3.50. The summed E-state index contributed by atoms with van der Waals surface area (Å²) < 4.78 is 0. The zero-order chi connectivity index (χ0) is 17.1. The summed E-state index contributed by atoms with van der Waals surface area (Å²) in [7, 11) is 3.87. The van der Waals surface area contributed by atoms with Crippen molar-refractivity contribution in [3.8, 4) is 0 Å². The van der Waals surface area contributed by atoms with E-state index < -0.39 is 0 Å². The number of rotatable bonds is 3.